The maximum atomic E-state index is 3.51. The number of piperazine rings is 1. The van der Waals surface area contributed by atoms with Crippen LogP contribution in [0.3, 0.4) is 0 Å². The molecular weight excluding hydrogens is 210 g/mol. The molecule has 3 nitrogen and oxygen atoms in total. The average Bonchev–Trinajstić information content (AvgIpc) is 2.30. The van der Waals surface area contributed by atoms with Gasteiger partial charge in [-0.3, -0.25) is 0 Å². The largest absolute Gasteiger partial charge is 0.314 e. The van der Waals surface area contributed by atoms with Crippen LogP contribution in [0.4, 0.5) is 0 Å². The average molecular weight is 239 g/mol. The van der Waals surface area contributed by atoms with Crippen LogP contribution in [-0.2, 0) is 0 Å². The normalized spacial score (nSPS) is 31.6. The Balaban J connectivity index is 1.68. The molecule has 0 bridgehead atoms. The van der Waals surface area contributed by atoms with E-state index in [0.717, 1.165) is 12.6 Å². The zero-order valence-corrected chi connectivity index (χ0v) is 11.8. The number of hydrogen-bond donors (Lipinski definition) is 1. The molecule has 2 rings (SSSR count). The number of piperidine rings is 1. The summed E-state index contributed by atoms with van der Waals surface area (Å²) >= 11 is 0. The van der Waals surface area contributed by atoms with Crippen LogP contribution in [0.5, 0.6) is 0 Å². The van der Waals surface area contributed by atoms with Gasteiger partial charge in [0.15, 0.2) is 0 Å². The van der Waals surface area contributed by atoms with Crippen LogP contribution in [0.1, 0.15) is 33.1 Å². The lowest BCUT2D eigenvalue weighted by atomic mass is 9.82. The van der Waals surface area contributed by atoms with E-state index in [4.69, 9.17) is 0 Å². The molecule has 2 fully saturated rings. The molecule has 2 aliphatic rings. The SMILES string of the molecule is CN1CCNCC1CCN1CCC(C)(C)CC1. The van der Waals surface area contributed by atoms with Crippen LogP contribution in [0.15, 0.2) is 0 Å². The second-order valence-electron chi connectivity index (χ2n) is 6.63. The molecule has 0 amide bonds. The minimum atomic E-state index is 0.583. The Bertz CT molecular complexity index is 230. The summed E-state index contributed by atoms with van der Waals surface area (Å²) in [6.45, 7) is 12.2. The number of hydrogen-bond acceptors (Lipinski definition) is 3. The molecule has 1 N–H and O–H groups in total. The number of rotatable bonds is 3. The van der Waals surface area contributed by atoms with E-state index in [9.17, 15) is 0 Å². The molecule has 0 aliphatic carbocycles. The van der Waals surface area contributed by atoms with Gasteiger partial charge in [0.1, 0.15) is 0 Å². The van der Waals surface area contributed by atoms with Crippen molar-refractivity contribution in [1.29, 1.82) is 0 Å². The fourth-order valence-electron chi connectivity index (χ4n) is 2.90. The van der Waals surface area contributed by atoms with Gasteiger partial charge in [0.2, 0.25) is 0 Å². The van der Waals surface area contributed by atoms with E-state index in [2.05, 4.69) is 36.0 Å². The van der Waals surface area contributed by atoms with Gasteiger partial charge in [-0.15, -0.1) is 0 Å². The zero-order valence-electron chi connectivity index (χ0n) is 11.8. The Labute approximate surface area is 107 Å². The van der Waals surface area contributed by atoms with Gasteiger partial charge >= 0.3 is 0 Å². The number of nitrogens with one attached hydrogen (secondary N) is 1. The molecule has 1 unspecified atom stereocenters. The number of likely N-dealkylation sites (N-methyl/N-ethyl adjacent to an activating group) is 1. The Morgan fingerprint density at radius 3 is 2.53 bits per heavy atom. The first-order chi connectivity index (χ1) is 8.07. The van der Waals surface area contributed by atoms with Crippen LogP contribution in [0, 0.1) is 5.41 Å². The van der Waals surface area contributed by atoms with Crippen LogP contribution >= 0.6 is 0 Å². The van der Waals surface area contributed by atoms with Crippen molar-refractivity contribution in [2.45, 2.75) is 39.2 Å². The van der Waals surface area contributed by atoms with Crippen LogP contribution in [-0.4, -0.2) is 62.2 Å². The van der Waals surface area contributed by atoms with Crippen molar-refractivity contribution in [1.82, 2.24) is 15.1 Å². The summed E-state index contributed by atoms with van der Waals surface area (Å²) in [5.41, 5.74) is 0.583. The summed E-state index contributed by atoms with van der Waals surface area (Å²) in [6, 6.07) is 0.749. The Kier molecular flexibility index (Phi) is 4.45. The van der Waals surface area contributed by atoms with Gasteiger partial charge in [-0.25, -0.2) is 0 Å². The Morgan fingerprint density at radius 2 is 1.88 bits per heavy atom. The summed E-state index contributed by atoms with van der Waals surface area (Å²) < 4.78 is 0. The quantitative estimate of drug-likeness (QED) is 0.803. The van der Waals surface area contributed by atoms with Gasteiger partial charge in [0.25, 0.3) is 0 Å². The Morgan fingerprint density at radius 1 is 1.18 bits per heavy atom. The first-order valence-corrected chi connectivity index (χ1v) is 7.20. The van der Waals surface area contributed by atoms with E-state index < -0.39 is 0 Å². The van der Waals surface area contributed by atoms with Crippen molar-refractivity contribution < 1.29 is 0 Å². The molecule has 0 aromatic rings. The van der Waals surface area contributed by atoms with Gasteiger partial charge in [0, 0.05) is 25.7 Å². The predicted molar refractivity (Wildman–Crippen MR) is 73.4 cm³/mol. The minimum absolute atomic E-state index is 0.583. The molecule has 0 aromatic heterocycles. The fraction of sp³-hybridized carbons (Fsp3) is 1.00. The van der Waals surface area contributed by atoms with Gasteiger partial charge in [0.05, 0.1) is 0 Å². The van der Waals surface area contributed by atoms with Crippen LogP contribution in [0.25, 0.3) is 0 Å². The van der Waals surface area contributed by atoms with Crippen molar-refractivity contribution in [2.75, 3.05) is 46.3 Å². The molecule has 2 heterocycles. The smallest absolute Gasteiger partial charge is 0.0230 e. The van der Waals surface area contributed by atoms with Gasteiger partial charge in [-0.05, 0) is 51.4 Å². The van der Waals surface area contributed by atoms with E-state index in [1.54, 1.807) is 0 Å². The summed E-state index contributed by atoms with van der Waals surface area (Å²) in [6.07, 6.45) is 4.06. The fourth-order valence-corrected chi connectivity index (χ4v) is 2.90. The van der Waals surface area contributed by atoms with E-state index >= 15 is 0 Å². The number of likely N-dealkylation sites (tertiary alicyclic amines) is 1. The molecule has 0 aromatic carbocycles. The van der Waals surface area contributed by atoms with Crippen molar-refractivity contribution in [3.05, 3.63) is 0 Å². The van der Waals surface area contributed by atoms with Crippen molar-refractivity contribution >= 4 is 0 Å². The highest BCUT2D eigenvalue weighted by atomic mass is 15.2. The lowest BCUT2D eigenvalue weighted by Crippen LogP contribution is -2.50. The molecule has 0 spiro atoms. The first-order valence-electron chi connectivity index (χ1n) is 7.20. The third-order valence-corrected chi connectivity index (χ3v) is 4.63. The molecular formula is C14H29N3. The van der Waals surface area contributed by atoms with Crippen molar-refractivity contribution in [3.8, 4) is 0 Å². The van der Waals surface area contributed by atoms with Gasteiger partial charge in [-0.1, -0.05) is 13.8 Å². The highest BCUT2D eigenvalue weighted by Crippen LogP contribution is 2.29. The predicted octanol–water partition coefficient (Wildman–Crippen LogP) is 1.40. The third kappa shape index (κ3) is 3.94. The van der Waals surface area contributed by atoms with Crippen molar-refractivity contribution in [3.63, 3.8) is 0 Å². The topological polar surface area (TPSA) is 18.5 Å². The van der Waals surface area contributed by atoms with Crippen LogP contribution in [0.2, 0.25) is 0 Å². The van der Waals surface area contributed by atoms with E-state index in [1.807, 2.05) is 0 Å². The lowest BCUT2D eigenvalue weighted by Gasteiger charge is -2.39. The molecule has 100 valence electrons. The van der Waals surface area contributed by atoms with Gasteiger partial charge < -0.3 is 15.1 Å². The van der Waals surface area contributed by atoms with E-state index in [0.29, 0.717) is 5.41 Å². The minimum Gasteiger partial charge on any atom is -0.314 e. The molecule has 0 saturated carbocycles. The molecule has 17 heavy (non-hydrogen) atoms. The monoisotopic (exact) mass is 239 g/mol. The molecule has 2 aliphatic heterocycles. The summed E-state index contributed by atoms with van der Waals surface area (Å²) in [5.74, 6) is 0. The third-order valence-electron chi connectivity index (χ3n) is 4.63. The summed E-state index contributed by atoms with van der Waals surface area (Å²) in [7, 11) is 2.27. The highest BCUT2D eigenvalue weighted by molar-refractivity contribution is 4.82. The Hall–Kier alpha value is -0.120. The summed E-state index contributed by atoms with van der Waals surface area (Å²) in [4.78, 5) is 5.18. The molecule has 0 radical (unpaired) electrons. The van der Waals surface area contributed by atoms with E-state index in [1.165, 1.54) is 52.0 Å². The second-order valence-corrected chi connectivity index (χ2v) is 6.63. The zero-order chi connectivity index (χ0) is 12.3. The summed E-state index contributed by atoms with van der Waals surface area (Å²) in [5, 5.41) is 3.51. The first kappa shape index (κ1) is 13.3. The molecule has 1 atom stereocenters. The maximum absolute atomic E-state index is 3.51. The molecule has 2 saturated heterocycles. The van der Waals surface area contributed by atoms with E-state index in [-0.39, 0.29) is 0 Å². The lowest BCUT2D eigenvalue weighted by molar-refractivity contribution is 0.112. The maximum Gasteiger partial charge on any atom is 0.0230 e. The van der Waals surface area contributed by atoms with Crippen molar-refractivity contribution in [2.24, 2.45) is 5.41 Å². The molecule has 3 heteroatoms. The van der Waals surface area contributed by atoms with Gasteiger partial charge in [-0.2, -0.15) is 0 Å². The van der Waals surface area contributed by atoms with Crippen LogP contribution < -0.4 is 5.32 Å². The number of nitrogens with zero attached hydrogens (tertiary/aromatic N) is 2. The second kappa shape index (κ2) is 5.68. The standard InChI is InChI=1S/C14H29N3/c1-14(2)5-9-17(10-6-14)8-4-13-12-15-7-11-16(13)3/h13,15H,4-12H2,1-3H3. The highest BCUT2D eigenvalue weighted by Gasteiger charge is 2.26.